The lowest BCUT2D eigenvalue weighted by atomic mass is 10.3. The number of carbonyl (C=O) groups is 1. The molecular formula is C16H14BrF3N2O4S. The van der Waals surface area contributed by atoms with Gasteiger partial charge >= 0.3 is 6.36 Å². The molecule has 146 valence electrons. The molecule has 0 aliphatic heterocycles. The number of para-hydroxylation sites is 1. The summed E-state index contributed by atoms with van der Waals surface area (Å²) in [7, 11) is -3.76. The van der Waals surface area contributed by atoms with Gasteiger partial charge in [-0.1, -0.05) is 12.1 Å². The minimum atomic E-state index is -4.82. The van der Waals surface area contributed by atoms with Gasteiger partial charge in [-0.25, -0.2) is 8.42 Å². The Hall–Kier alpha value is -2.27. The van der Waals surface area contributed by atoms with Gasteiger partial charge in [-0.15, -0.1) is 13.2 Å². The normalized spacial score (nSPS) is 11.7. The van der Waals surface area contributed by atoms with Gasteiger partial charge in [-0.2, -0.15) is 0 Å². The molecule has 0 aliphatic rings. The molecule has 11 heteroatoms. The van der Waals surface area contributed by atoms with Crippen molar-refractivity contribution in [3.8, 4) is 5.75 Å². The third-order valence-corrected chi connectivity index (χ3v) is 4.98. The molecule has 0 bridgehead atoms. The molecule has 0 heterocycles. The number of sulfonamides is 1. The number of anilines is 2. The smallest absolute Gasteiger partial charge is 0.406 e. The van der Waals surface area contributed by atoms with Crippen molar-refractivity contribution < 1.29 is 31.1 Å². The number of carbonyl (C=O) groups excluding carboxylic acids is 1. The average molecular weight is 467 g/mol. The van der Waals surface area contributed by atoms with Crippen molar-refractivity contribution in [1.29, 1.82) is 0 Å². The van der Waals surface area contributed by atoms with Gasteiger partial charge in [-0.05, 0) is 52.3 Å². The van der Waals surface area contributed by atoms with Crippen LogP contribution in [0.25, 0.3) is 0 Å². The Labute approximate surface area is 162 Å². The molecule has 0 fully saturated rings. The van der Waals surface area contributed by atoms with E-state index in [1.807, 2.05) is 0 Å². The van der Waals surface area contributed by atoms with Crippen molar-refractivity contribution in [1.82, 2.24) is 0 Å². The largest absolute Gasteiger partial charge is 0.573 e. The maximum atomic E-state index is 12.2. The predicted molar refractivity (Wildman–Crippen MR) is 98.1 cm³/mol. The van der Waals surface area contributed by atoms with E-state index in [-0.39, 0.29) is 11.4 Å². The summed E-state index contributed by atoms with van der Waals surface area (Å²) >= 11 is 3.23. The zero-order chi connectivity index (χ0) is 20.2. The van der Waals surface area contributed by atoms with Crippen LogP contribution in [-0.4, -0.2) is 33.5 Å². The third-order valence-electron chi connectivity index (χ3n) is 3.18. The lowest BCUT2D eigenvalue weighted by Crippen LogP contribution is -2.37. The summed E-state index contributed by atoms with van der Waals surface area (Å²) in [4.78, 5) is 12.2. The second kappa shape index (κ2) is 8.17. The number of nitrogens with one attached hydrogen (secondary N) is 1. The molecule has 2 aromatic rings. The zero-order valence-electron chi connectivity index (χ0n) is 13.8. The summed E-state index contributed by atoms with van der Waals surface area (Å²) in [5.41, 5.74) is 0.471. The van der Waals surface area contributed by atoms with E-state index in [1.165, 1.54) is 18.2 Å². The molecule has 0 unspecified atom stereocenters. The first-order chi connectivity index (χ1) is 12.5. The molecule has 2 rings (SSSR count). The van der Waals surface area contributed by atoms with E-state index in [4.69, 9.17) is 0 Å². The Bertz CT molecular complexity index is 918. The van der Waals surface area contributed by atoms with E-state index < -0.39 is 34.6 Å². The number of benzene rings is 2. The molecule has 0 atom stereocenters. The zero-order valence-corrected chi connectivity index (χ0v) is 16.2. The van der Waals surface area contributed by atoms with Gasteiger partial charge in [-0.3, -0.25) is 9.10 Å². The molecule has 0 radical (unpaired) electrons. The number of ether oxygens (including phenoxy) is 1. The molecule has 0 saturated carbocycles. The van der Waals surface area contributed by atoms with Crippen LogP contribution >= 0.6 is 15.9 Å². The summed E-state index contributed by atoms with van der Waals surface area (Å²) in [6.45, 7) is -0.512. The van der Waals surface area contributed by atoms with Crippen LogP contribution in [0, 0.1) is 0 Å². The SMILES string of the molecule is CS(=O)(=O)N(CC(=O)Nc1ccc(OC(F)(F)F)cc1)c1ccccc1Br. The number of halogens is 4. The van der Waals surface area contributed by atoms with Gasteiger partial charge in [0.2, 0.25) is 15.9 Å². The molecule has 0 aromatic heterocycles. The summed E-state index contributed by atoms with van der Waals surface area (Å²) in [5.74, 6) is -1.10. The highest BCUT2D eigenvalue weighted by Gasteiger charge is 2.31. The Balaban J connectivity index is 2.12. The summed E-state index contributed by atoms with van der Waals surface area (Å²) < 4.78 is 65.7. The van der Waals surface area contributed by atoms with Crippen LogP contribution in [0.15, 0.2) is 53.0 Å². The van der Waals surface area contributed by atoms with Gasteiger partial charge in [0.05, 0.1) is 11.9 Å². The molecule has 0 spiro atoms. The molecule has 0 saturated heterocycles. The van der Waals surface area contributed by atoms with Crippen LogP contribution in [-0.2, 0) is 14.8 Å². The standard InChI is InChI=1S/C16H14BrF3N2O4S/c1-27(24,25)22(14-5-3-2-4-13(14)17)10-15(23)21-11-6-8-12(9-7-11)26-16(18,19)20/h2-9H,10H2,1H3,(H,21,23). The Morgan fingerprint density at radius 2 is 1.74 bits per heavy atom. The first kappa shape index (κ1) is 21.0. The Morgan fingerprint density at radius 1 is 1.15 bits per heavy atom. The molecule has 6 nitrogen and oxygen atoms in total. The van der Waals surface area contributed by atoms with E-state index in [1.54, 1.807) is 18.2 Å². The van der Waals surface area contributed by atoms with Crippen molar-refractivity contribution in [2.75, 3.05) is 22.4 Å². The minimum absolute atomic E-state index is 0.190. The van der Waals surface area contributed by atoms with E-state index in [0.29, 0.717) is 4.47 Å². The molecule has 27 heavy (non-hydrogen) atoms. The van der Waals surface area contributed by atoms with Gasteiger partial charge in [0.15, 0.2) is 0 Å². The lowest BCUT2D eigenvalue weighted by molar-refractivity contribution is -0.274. The molecular weight excluding hydrogens is 453 g/mol. The van der Waals surface area contributed by atoms with E-state index in [0.717, 1.165) is 22.7 Å². The van der Waals surface area contributed by atoms with E-state index >= 15 is 0 Å². The van der Waals surface area contributed by atoms with Crippen LogP contribution in [0.2, 0.25) is 0 Å². The van der Waals surface area contributed by atoms with E-state index in [2.05, 4.69) is 26.0 Å². The van der Waals surface area contributed by atoms with E-state index in [9.17, 15) is 26.4 Å². The van der Waals surface area contributed by atoms with Crippen LogP contribution in [0.5, 0.6) is 5.75 Å². The highest BCUT2D eigenvalue weighted by atomic mass is 79.9. The van der Waals surface area contributed by atoms with Gasteiger partial charge < -0.3 is 10.1 Å². The number of rotatable bonds is 6. The first-order valence-electron chi connectivity index (χ1n) is 7.33. The van der Waals surface area contributed by atoms with Crippen molar-refractivity contribution in [2.45, 2.75) is 6.36 Å². The number of amides is 1. The fraction of sp³-hybridized carbons (Fsp3) is 0.188. The maximum absolute atomic E-state index is 12.2. The quantitative estimate of drug-likeness (QED) is 0.703. The number of alkyl halides is 3. The van der Waals surface area contributed by atoms with Gasteiger partial charge in [0.25, 0.3) is 0 Å². The lowest BCUT2D eigenvalue weighted by Gasteiger charge is -2.23. The van der Waals surface area contributed by atoms with Gasteiger partial charge in [0, 0.05) is 10.2 Å². The summed E-state index contributed by atoms with van der Waals surface area (Å²) in [6.07, 6.45) is -3.85. The first-order valence-corrected chi connectivity index (χ1v) is 9.98. The number of nitrogens with zero attached hydrogens (tertiary/aromatic N) is 1. The maximum Gasteiger partial charge on any atom is 0.573 e. The average Bonchev–Trinajstić information content (AvgIpc) is 2.53. The number of hydrogen-bond donors (Lipinski definition) is 1. The minimum Gasteiger partial charge on any atom is -0.406 e. The molecule has 1 N–H and O–H groups in total. The molecule has 0 aliphatic carbocycles. The highest BCUT2D eigenvalue weighted by Crippen LogP contribution is 2.28. The second-order valence-electron chi connectivity index (χ2n) is 5.34. The number of hydrogen-bond acceptors (Lipinski definition) is 4. The van der Waals surface area contributed by atoms with Crippen LogP contribution in [0.3, 0.4) is 0 Å². The predicted octanol–water partition coefficient (Wildman–Crippen LogP) is 3.75. The fourth-order valence-electron chi connectivity index (χ4n) is 2.11. The molecule has 1 amide bonds. The fourth-order valence-corrected chi connectivity index (χ4v) is 3.59. The topological polar surface area (TPSA) is 75.7 Å². The van der Waals surface area contributed by atoms with Crippen molar-refractivity contribution >= 4 is 43.2 Å². The van der Waals surface area contributed by atoms with Crippen LogP contribution in [0.1, 0.15) is 0 Å². The van der Waals surface area contributed by atoms with Crippen molar-refractivity contribution in [3.63, 3.8) is 0 Å². The third kappa shape index (κ3) is 6.43. The van der Waals surface area contributed by atoms with Crippen molar-refractivity contribution in [2.24, 2.45) is 0 Å². The van der Waals surface area contributed by atoms with Crippen LogP contribution in [0.4, 0.5) is 24.5 Å². The summed E-state index contributed by atoms with van der Waals surface area (Å²) in [5, 5.41) is 2.43. The Kier molecular flexibility index (Phi) is 6.37. The second-order valence-corrected chi connectivity index (χ2v) is 8.10. The van der Waals surface area contributed by atoms with Gasteiger partial charge in [0.1, 0.15) is 12.3 Å². The Morgan fingerprint density at radius 3 is 2.26 bits per heavy atom. The van der Waals surface area contributed by atoms with Crippen LogP contribution < -0.4 is 14.4 Å². The highest BCUT2D eigenvalue weighted by molar-refractivity contribution is 9.10. The van der Waals surface area contributed by atoms with Crippen molar-refractivity contribution in [3.05, 3.63) is 53.0 Å². The molecule has 2 aromatic carbocycles. The summed E-state index contributed by atoms with van der Waals surface area (Å²) in [6, 6.07) is 11.0. The monoisotopic (exact) mass is 466 g/mol.